The van der Waals surface area contributed by atoms with Crippen molar-refractivity contribution in [3.8, 4) is 0 Å². The van der Waals surface area contributed by atoms with Gasteiger partial charge in [-0.25, -0.2) is 0 Å². The molecule has 0 heterocycles. The van der Waals surface area contributed by atoms with Gasteiger partial charge in [0.2, 0.25) is 0 Å². The van der Waals surface area contributed by atoms with Gasteiger partial charge in [0.25, 0.3) is 0 Å². The van der Waals surface area contributed by atoms with Crippen molar-refractivity contribution in [2.24, 2.45) is 11.7 Å². The van der Waals surface area contributed by atoms with Crippen LogP contribution in [0.2, 0.25) is 0 Å². The number of benzene rings is 1. The molecule has 0 amide bonds. The molecule has 0 aromatic heterocycles. The van der Waals surface area contributed by atoms with Crippen molar-refractivity contribution in [2.45, 2.75) is 38.6 Å². The minimum Gasteiger partial charge on any atom is -0.324 e. The molecule has 1 aliphatic rings. The van der Waals surface area contributed by atoms with E-state index in [4.69, 9.17) is 5.73 Å². The molecule has 1 aromatic rings. The zero-order valence-corrected chi connectivity index (χ0v) is 9.03. The van der Waals surface area contributed by atoms with E-state index in [0.717, 1.165) is 5.92 Å². The summed E-state index contributed by atoms with van der Waals surface area (Å²) in [6.07, 6.45) is 2.63. The maximum Gasteiger partial charge on any atom is 0.0323 e. The minimum absolute atomic E-state index is 0.274. The van der Waals surface area contributed by atoms with Gasteiger partial charge in [-0.15, -0.1) is 0 Å². The second-order valence-corrected chi connectivity index (χ2v) is 4.68. The standard InChI is InChI=1S/C13H19N/c1-9(2)10-3-5-11(6-4-10)13(14)12-7-8-12/h3-6,9,12-13H,7-8,14H2,1-2H3/t13-/m1/s1. The highest BCUT2D eigenvalue weighted by Crippen LogP contribution is 2.39. The average Bonchev–Trinajstić information content (AvgIpc) is 3.00. The highest BCUT2D eigenvalue weighted by atomic mass is 14.7. The molecule has 0 bridgehead atoms. The zero-order valence-electron chi connectivity index (χ0n) is 9.03. The topological polar surface area (TPSA) is 26.0 Å². The van der Waals surface area contributed by atoms with Crippen LogP contribution in [0, 0.1) is 5.92 Å². The van der Waals surface area contributed by atoms with E-state index in [1.807, 2.05) is 0 Å². The van der Waals surface area contributed by atoms with Gasteiger partial charge in [0.15, 0.2) is 0 Å². The van der Waals surface area contributed by atoms with Crippen LogP contribution in [0.15, 0.2) is 24.3 Å². The van der Waals surface area contributed by atoms with Crippen LogP contribution in [0.3, 0.4) is 0 Å². The smallest absolute Gasteiger partial charge is 0.0323 e. The molecule has 0 unspecified atom stereocenters. The zero-order chi connectivity index (χ0) is 10.1. The SMILES string of the molecule is CC(C)c1ccc([C@@H](N)C2CC2)cc1. The third-order valence-electron chi connectivity index (χ3n) is 3.12. The predicted octanol–water partition coefficient (Wildman–Crippen LogP) is 3.22. The molecule has 1 fully saturated rings. The number of nitrogens with two attached hydrogens (primary N) is 1. The summed E-state index contributed by atoms with van der Waals surface area (Å²) in [7, 11) is 0. The molecule has 0 spiro atoms. The van der Waals surface area contributed by atoms with Crippen LogP contribution in [0.4, 0.5) is 0 Å². The van der Waals surface area contributed by atoms with Gasteiger partial charge < -0.3 is 5.73 Å². The summed E-state index contributed by atoms with van der Waals surface area (Å²) in [6.45, 7) is 4.44. The largest absolute Gasteiger partial charge is 0.324 e. The lowest BCUT2D eigenvalue weighted by atomic mass is 9.98. The first-order valence-electron chi connectivity index (χ1n) is 5.54. The van der Waals surface area contributed by atoms with Crippen LogP contribution >= 0.6 is 0 Å². The summed E-state index contributed by atoms with van der Waals surface area (Å²) in [4.78, 5) is 0. The van der Waals surface area contributed by atoms with Gasteiger partial charge >= 0.3 is 0 Å². The van der Waals surface area contributed by atoms with Crippen molar-refractivity contribution < 1.29 is 0 Å². The van der Waals surface area contributed by atoms with Gasteiger partial charge in [-0.05, 0) is 35.8 Å². The van der Waals surface area contributed by atoms with Crippen molar-refractivity contribution in [1.82, 2.24) is 0 Å². The minimum atomic E-state index is 0.274. The molecule has 1 heteroatoms. The van der Waals surface area contributed by atoms with E-state index in [2.05, 4.69) is 38.1 Å². The van der Waals surface area contributed by atoms with Gasteiger partial charge in [-0.1, -0.05) is 38.1 Å². The molecular weight excluding hydrogens is 170 g/mol. The molecule has 76 valence electrons. The van der Waals surface area contributed by atoms with Crippen LogP contribution in [-0.4, -0.2) is 0 Å². The fraction of sp³-hybridized carbons (Fsp3) is 0.538. The Labute approximate surface area is 86.3 Å². The van der Waals surface area contributed by atoms with Crippen LogP contribution in [0.25, 0.3) is 0 Å². The first-order valence-corrected chi connectivity index (χ1v) is 5.54. The summed E-state index contributed by atoms with van der Waals surface area (Å²) >= 11 is 0. The van der Waals surface area contributed by atoms with Gasteiger partial charge in [0.05, 0.1) is 0 Å². The third-order valence-corrected chi connectivity index (χ3v) is 3.12. The highest BCUT2D eigenvalue weighted by molar-refractivity contribution is 5.27. The Balaban J connectivity index is 2.12. The molecule has 1 aliphatic carbocycles. The van der Waals surface area contributed by atoms with Crippen LogP contribution < -0.4 is 5.73 Å². The number of rotatable bonds is 3. The van der Waals surface area contributed by atoms with E-state index in [1.165, 1.54) is 24.0 Å². The molecule has 1 saturated carbocycles. The summed E-state index contributed by atoms with van der Waals surface area (Å²) in [5, 5.41) is 0. The molecule has 2 rings (SSSR count). The fourth-order valence-corrected chi connectivity index (χ4v) is 1.83. The van der Waals surface area contributed by atoms with Crippen molar-refractivity contribution >= 4 is 0 Å². The molecule has 1 nitrogen and oxygen atoms in total. The summed E-state index contributed by atoms with van der Waals surface area (Å²) < 4.78 is 0. The lowest BCUT2D eigenvalue weighted by molar-refractivity contribution is 0.633. The fourth-order valence-electron chi connectivity index (χ4n) is 1.83. The van der Waals surface area contributed by atoms with Crippen LogP contribution in [0.5, 0.6) is 0 Å². The van der Waals surface area contributed by atoms with Crippen molar-refractivity contribution in [3.05, 3.63) is 35.4 Å². The quantitative estimate of drug-likeness (QED) is 0.776. The maximum absolute atomic E-state index is 6.13. The number of hydrogen-bond donors (Lipinski definition) is 1. The van der Waals surface area contributed by atoms with Crippen molar-refractivity contribution in [2.75, 3.05) is 0 Å². The van der Waals surface area contributed by atoms with Gasteiger partial charge in [-0.2, -0.15) is 0 Å². The van der Waals surface area contributed by atoms with Gasteiger partial charge in [0.1, 0.15) is 0 Å². The van der Waals surface area contributed by atoms with E-state index in [0.29, 0.717) is 5.92 Å². The Bertz CT molecular complexity index is 296. The summed E-state index contributed by atoms with van der Waals surface area (Å²) in [6, 6.07) is 9.08. The highest BCUT2D eigenvalue weighted by Gasteiger charge is 2.29. The third kappa shape index (κ3) is 1.98. The Hall–Kier alpha value is -0.820. The van der Waals surface area contributed by atoms with Gasteiger partial charge in [-0.3, -0.25) is 0 Å². The number of hydrogen-bond acceptors (Lipinski definition) is 1. The average molecular weight is 189 g/mol. The van der Waals surface area contributed by atoms with E-state index < -0.39 is 0 Å². The maximum atomic E-state index is 6.13. The molecule has 1 atom stereocenters. The van der Waals surface area contributed by atoms with E-state index in [-0.39, 0.29) is 6.04 Å². The monoisotopic (exact) mass is 189 g/mol. The van der Waals surface area contributed by atoms with E-state index in [9.17, 15) is 0 Å². The Morgan fingerprint density at radius 3 is 2.00 bits per heavy atom. The van der Waals surface area contributed by atoms with E-state index in [1.54, 1.807) is 0 Å². The molecule has 2 N–H and O–H groups in total. The molecule has 14 heavy (non-hydrogen) atoms. The second kappa shape index (κ2) is 3.74. The predicted molar refractivity (Wildman–Crippen MR) is 60.2 cm³/mol. The normalized spacial score (nSPS) is 18.6. The molecular formula is C13H19N. The van der Waals surface area contributed by atoms with Crippen molar-refractivity contribution in [3.63, 3.8) is 0 Å². The van der Waals surface area contributed by atoms with Crippen molar-refractivity contribution in [1.29, 1.82) is 0 Å². The first kappa shape index (κ1) is 9.72. The lowest BCUT2D eigenvalue weighted by Gasteiger charge is -2.12. The Morgan fingerprint density at radius 1 is 1.07 bits per heavy atom. The Kier molecular flexibility index (Phi) is 2.60. The molecule has 1 aromatic carbocycles. The van der Waals surface area contributed by atoms with Gasteiger partial charge in [0, 0.05) is 6.04 Å². The molecule has 0 radical (unpaired) electrons. The van der Waals surface area contributed by atoms with Crippen LogP contribution in [-0.2, 0) is 0 Å². The first-order chi connectivity index (χ1) is 6.68. The molecule has 0 aliphatic heterocycles. The lowest BCUT2D eigenvalue weighted by Crippen LogP contribution is -2.12. The Morgan fingerprint density at radius 2 is 1.57 bits per heavy atom. The molecule has 0 saturated heterocycles. The second-order valence-electron chi connectivity index (χ2n) is 4.68. The van der Waals surface area contributed by atoms with Crippen LogP contribution in [0.1, 0.15) is 49.8 Å². The van der Waals surface area contributed by atoms with E-state index >= 15 is 0 Å². The summed E-state index contributed by atoms with van der Waals surface area (Å²) in [5.41, 5.74) is 8.83. The summed E-state index contributed by atoms with van der Waals surface area (Å²) in [5.74, 6) is 1.36.